The number of halogens is 1. The Kier molecular flexibility index (Phi) is 4.55. The number of hydrogen-bond acceptors (Lipinski definition) is 7. The monoisotopic (exact) mass is 380 g/mol. The summed E-state index contributed by atoms with van der Waals surface area (Å²) in [6.45, 7) is 2.72. The summed E-state index contributed by atoms with van der Waals surface area (Å²) < 4.78 is 2.00. The molecule has 0 unspecified atom stereocenters. The molecular formula is C18H17ClN8. The Balaban J connectivity index is 1.78. The number of anilines is 3. The second-order valence-corrected chi connectivity index (χ2v) is 6.11. The third kappa shape index (κ3) is 3.26. The third-order valence-electron chi connectivity index (χ3n) is 4.03. The molecule has 2 N–H and O–H groups in total. The fraction of sp³-hybridized carbons (Fsp3) is 0.167. The van der Waals surface area contributed by atoms with Gasteiger partial charge in [-0.15, -0.1) is 0 Å². The summed E-state index contributed by atoms with van der Waals surface area (Å²) in [6.07, 6.45) is 3.39. The molecule has 0 aliphatic rings. The van der Waals surface area contributed by atoms with Crippen molar-refractivity contribution in [1.29, 1.82) is 0 Å². The fourth-order valence-corrected chi connectivity index (χ4v) is 2.94. The van der Waals surface area contributed by atoms with Crippen molar-refractivity contribution in [1.82, 2.24) is 29.5 Å². The summed E-state index contributed by atoms with van der Waals surface area (Å²) in [5.41, 5.74) is 2.88. The van der Waals surface area contributed by atoms with Gasteiger partial charge in [0.2, 0.25) is 11.9 Å². The Labute approximate surface area is 160 Å². The predicted octanol–water partition coefficient (Wildman–Crippen LogP) is 3.74. The van der Waals surface area contributed by atoms with Crippen molar-refractivity contribution in [2.75, 3.05) is 17.7 Å². The topological polar surface area (TPSA) is 93.4 Å². The second kappa shape index (κ2) is 7.16. The van der Waals surface area contributed by atoms with Crippen LogP contribution in [0.1, 0.15) is 6.92 Å². The number of fused-ring (bicyclic) bond motifs is 1. The molecular weight excluding hydrogens is 364 g/mol. The van der Waals surface area contributed by atoms with Crippen LogP contribution in [0.2, 0.25) is 5.02 Å². The average molecular weight is 381 g/mol. The van der Waals surface area contributed by atoms with Crippen molar-refractivity contribution < 1.29 is 0 Å². The van der Waals surface area contributed by atoms with Crippen LogP contribution in [-0.4, -0.2) is 36.5 Å². The largest absolute Gasteiger partial charge is 0.357 e. The van der Waals surface area contributed by atoms with E-state index < -0.39 is 0 Å². The van der Waals surface area contributed by atoms with Gasteiger partial charge in [0.1, 0.15) is 11.2 Å². The molecule has 0 saturated heterocycles. The van der Waals surface area contributed by atoms with E-state index in [1.54, 1.807) is 19.4 Å². The molecule has 27 heavy (non-hydrogen) atoms. The van der Waals surface area contributed by atoms with Crippen LogP contribution in [0.25, 0.3) is 22.7 Å². The van der Waals surface area contributed by atoms with Gasteiger partial charge in [0, 0.05) is 19.8 Å². The van der Waals surface area contributed by atoms with Crippen LogP contribution in [0, 0.1) is 0 Å². The van der Waals surface area contributed by atoms with Crippen molar-refractivity contribution in [3.8, 4) is 11.5 Å². The molecule has 4 aromatic rings. The van der Waals surface area contributed by atoms with Crippen molar-refractivity contribution in [3.63, 3.8) is 0 Å². The molecule has 0 bridgehead atoms. The highest BCUT2D eigenvalue weighted by Gasteiger charge is 2.16. The summed E-state index contributed by atoms with van der Waals surface area (Å²) in [6, 6.07) is 9.28. The van der Waals surface area contributed by atoms with Crippen LogP contribution in [0.15, 0.2) is 42.7 Å². The second-order valence-electron chi connectivity index (χ2n) is 5.70. The van der Waals surface area contributed by atoms with E-state index >= 15 is 0 Å². The van der Waals surface area contributed by atoms with Gasteiger partial charge in [-0.2, -0.15) is 4.98 Å². The smallest absolute Gasteiger partial charge is 0.229 e. The van der Waals surface area contributed by atoms with E-state index in [1.165, 1.54) is 0 Å². The van der Waals surface area contributed by atoms with Crippen molar-refractivity contribution in [3.05, 3.63) is 47.7 Å². The van der Waals surface area contributed by atoms with Gasteiger partial charge in [-0.25, -0.2) is 19.9 Å². The van der Waals surface area contributed by atoms with E-state index in [4.69, 9.17) is 11.6 Å². The van der Waals surface area contributed by atoms with Crippen molar-refractivity contribution in [2.45, 2.75) is 13.5 Å². The van der Waals surface area contributed by atoms with Crippen LogP contribution in [0.4, 0.5) is 17.6 Å². The number of aryl methyl sites for hydroxylation is 1. The van der Waals surface area contributed by atoms with E-state index in [-0.39, 0.29) is 0 Å². The first-order valence-corrected chi connectivity index (χ1v) is 8.83. The molecule has 0 amide bonds. The van der Waals surface area contributed by atoms with Gasteiger partial charge in [-0.1, -0.05) is 23.7 Å². The Morgan fingerprint density at radius 3 is 2.67 bits per heavy atom. The Morgan fingerprint density at radius 2 is 1.89 bits per heavy atom. The van der Waals surface area contributed by atoms with E-state index in [1.807, 2.05) is 41.8 Å². The molecule has 9 heteroatoms. The Morgan fingerprint density at radius 1 is 1.04 bits per heavy atom. The molecule has 8 nitrogen and oxygen atoms in total. The molecule has 136 valence electrons. The van der Waals surface area contributed by atoms with Crippen molar-refractivity contribution in [2.24, 2.45) is 0 Å². The predicted molar refractivity (Wildman–Crippen MR) is 106 cm³/mol. The minimum absolute atomic E-state index is 0.454. The highest BCUT2D eigenvalue weighted by Crippen LogP contribution is 2.26. The van der Waals surface area contributed by atoms with Gasteiger partial charge >= 0.3 is 0 Å². The maximum atomic E-state index is 6.21. The maximum absolute atomic E-state index is 6.21. The zero-order valence-corrected chi connectivity index (χ0v) is 15.6. The lowest BCUT2D eigenvalue weighted by molar-refractivity contribution is 0.783. The maximum Gasteiger partial charge on any atom is 0.229 e. The molecule has 3 heterocycles. The number of rotatable bonds is 5. The van der Waals surface area contributed by atoms with Gasteiger partial charge in [-0.05, 0) is 25.1 Å². The van der Waals surface area contributed by atoms with Crippen LogP contribution < -0.4 is 10.6 Å². The Bertz CT molecular complexity index is 1110. The van der Waals surface area contributed by atoms with Gasteiger partial charge in [0.25, 0.3) is 0 Å². The lowest BCUT2D eigenvalue weighted by Crippen LogP contribution is -2.03. The number of hydrogen-bond donors (Lipinski definition) is 2. The fourth-order valence-electron chi connectivity index (χ4n) is 2.76. The standard InChI is InChI=1S/C18H17ClN8/c1-3-27-15(13-8-9-21-17(20-2)25-13)23-14-10-22-18(26-16(14)27)24-12-7-5-4-6-11(12)19/h4-10H,3H2,1-2H3,(H,20,21,25)(H,22,24,26). The zero-order chi connectivity index (χ0) is 18.8. The molecule has 4 rings (SSSR count). The lowest BCUT2D eigenvalue weighted by Gasteiger charge is -2.08. The number of benzene rings is 1. The first-order chi connectivity index (χ1) is 13.2. The Hall–Kier alpha value is -3.26. The number of aromatic nitrogens is 6. The zero-order valence-electron chi connectivity index (χ0n) is 14.8. The SMILES string of the molecule is CCn1c(-c2ccnc(NC)n2)nc2cnc(Nc3ccccc3Cl)nc21. The minimum atomic E-state index is 0.454. The normalized spacial score (nSPS) is 10.9. The molecule has 0 saturated carbocycles. The lowest BCUT2D eigenvalue weighted by atomic mass is 10.3. The molecule has 0 spiro atoms. The van der Waals surface area contributed by atoms with E-state index in [9.17, 15) is 0 Å². The molecule has 0 radical (unpaired) electrons. The summed E-state index contributed by atoms with van der Waals surface area (Å²) in [5, 5.41) is 6.70. The van der Waals surface area contributed by atoms with Crippen molar-refractivity contribution >= 4 is 40.3 Å². The van der Waals surface area contributed by atoms with E-state index in [0.29, 0.717) is 29.0 Å². The summed E-state index contributed by atoms with van der Waals surface area (Å²) >= 11 is 6.21. The number of nitrogens with zero attached hydrogens (tertiary/aromatic N) is 6. The number of nitrogens with one attached hydrogen (secondary N) is 2. The molecule has 0 aliphatic carbocycles. The molecule has 0 atom stereocenters. The molecule has 0 aliphatic heterocycles. The van der Waals surface area contributed by atoms with Gasteiger partial charge in [0.15, 0.2) is 11.5 Å². The highest BCUT2D eigenvalue weighted by atomic mass is 35.5. The molecule has 0 fully saturated rings. The van der Waals surface area contributed by atoms with E-state index in [2.05, 4.69) is 35.6 Å². The van der Waals surface area contributed by atoms with Gasteiger partial charge in [-0.3, -0.25) is 0 Å². The van der Waals surface area contributed by atoms with Crippen LogP contribution in [0.3, 0.4) is 0 Å². The number of para-hydroxylation sites is 1. The first kappa shape index (κ1) is 17.2. The van der Waals surface area contributed by atoms with Crippen LogP contribution in [-0.2, 0) is 6.54 Å². The summed E-state index contributed by atoms with van der Waals surface area (Å²) in [4.78, 5) is 22.3. The third-order valence-corrected chi connectivity index (χ3v) is 4.36. The summed E-state index contributed by atoms with van der Waals surface area (Å²) in [7, 11) is 1.78. The van der Waals surface area contributed by atoms with Gasteiger partial charge < -0.3 is 15.2 Å². The number of imidazole rings is 1. The molecule has 3 aromatic heterocycles. The molecule has 1 aromatic carbocycles. The van der Waals surface area contributed by atoms with Gasteiger partial charge in [0.05, 0.1) is 16.9 Å². The van der Waals surface area contributed by atoms with E-state index in [0.717, 1.165) is 22.9 Å². The highest BCUT2D eigenvalue weighted by molar-refractivity contribution is 6.33. The summed E-state index contributed by atoms with van der Waals surface area (Å²) in [5.74, 6) is 1.71. The van der Waals surface area contributed by atoms with Crippen LogP contribution in [0.5, 0.6) is 0 Å². The quantitative estimate of drug-likeness (QED) is 0.544. The average Bonchev–Trinajstić information content (AvgIpc) is 3.07. The minimum Gasteiger partial charge on any atom is -0.357 e. The first-order valence-electron chi connectivity index (χ1n) is 8.45. The van der Waals surface area contributed by atoms with Crippen LogP contribution >= 0.6 is 11.6 Å².